The fourth-order valence-corrected chi connectivity index (χ4v) is 2.78. The molecule has 0 heterocycles. The highest BCUT2D eigenvalue weighted by molar-refractivity contribution is 6.41. The lowest BCUT2D eigenvalue weighted by Crippen LogP contribution is -1.93. The summed E-state index contributed by atoms with van der Waals surface area (Å²) in [6, 6.07) is 8.24. The Morgan fingerprint density at radius 2 is 1.40 bits per heavy atom. The Balaban J connectivity index is 2.18. The van der Waals surface area contributed by atoms with Crippen molar-refractivity contribution < 1.29 is 0 Å². The van der Waals surface area contributed by atoms with Crippen LogP contribution in [-0.4, -0.2) is 6.21 Å². The smallest absolute Gasteiger partial charge is 0.0935 e. The zero-order chi connectivity index (χ0) is 14.7. The van der Waals surface area contributed by atoms with Crippen LogP contribution in [0.3, 0.4) is 0 Å². The molecule has 2 aromatic carbocycles. The van der Waals surface area contributed by atoms with Crippen LogP contribution in [0.2, 0.25) is 25.1 Å². The predicted octanol–water partition coefficient (Wildman–Crippen LogP) is 6.40. The van der Waals surface area contributed by atoms with E-state index in [1.54, 1.807) is 36.5 Å². The Morgan fingerprint density at radius 1 is 0.800 bits per heavy atom. The summed E-state index contributed by atoms with van der Waals surface area (Å²) >= 11 is 29.7. The van der Waals surface area contributed by atoms with Crippen molar-refractivity contribution in [1.29, 1.82) is 0 Å². The highest BCUT2D eigenvalue weighted by Gasteiger charge is 2.06. The van der Waals surface area contributed by atoms with Crippen LogP contribution in [0, 0.1) is 0 Å². The number of halogens is 5. The molecule has 0 spiro atoms. The second-order valence-electron chi connectivity index (χ2n) is 3.78. The molecule has 20 heavy (non-hydrogen) atoms. The van der Waals surface area contributed by atoms with Crippen molar-refractivity contribution in [2.24, 2.45) is 5.10 Å². The number of nitrogens with one attached hydrogen (secondary N) is 1. The van der Waals surface area contributed by atoms with Gasteiger partial charge in [0.05, 0.1) is 27.0 Å². The van der Waals surface area contributed by atoms with E-state index >= 15 is 0 Å². The van der Waals surface area contributed by atoms with E-state index in [1.807, 2.05) is 0 Å². The van der Waals surface area contributed by atoms with Crippen LogP contribution in [0.15, 0.2) is 35.4 Å². The van der Waals surface area contributed by atoms with Crippen LogP contribution in [-0.2, 0) is 0 Å². The molecule has 0 amide bonds. The standard InChI is InChI=1S/C13H7Cl5N2/c14-8-2-1-7(10(16)3-8)6-19-20-13-11(17)4-9(15)5-12(13)18/h1-6,20H. The van der Waals surface area contributed by atoms with Crippen LogP contribution in [0.1, 0.15) is 5.56 Å². The number of benzene rings is 2. The second kappa shape index (κ2) is 6.88. The SMILES string of the molecule is Clc1ccc(C=NNc2c(Cl)cc(Cl)cc2Cl)c(Cl)c1. The molecule has 0 fully saturated rings. The van der Waals surface area contributed by atoms with E-state index in [0.29, 0.717) is 36.4 Å². The minimum atomic E-state index is 0.377. The fraction of sp³-hybridized carbons (Fsp3) is 0. The Hall–Kier alpha value is -0.640. The van der Waals surface area contributed by atoms with Crippen molar-refractivity contribution in [3.8, 4) is 0 Å². The molecular formula is C13H7Cl5N2. The van der Waals surface area contributed by atoms with Crippen molar-refractivity contribution in [2.75, 3.05) is 5.43 Å². The molecule has 2 nitrogen and oxygen atoms in total. The third-order valence-corrected chi connectivity index (χ3v) is 3.73. The first kappa shape index (κ1) is 15.7. The van der Waals surface area contributed by atoms with E-state index in [0.717, 1.165) is 0 Å². The zero-order valence-corrected chi connectivity index (χ0v) is 13.6. The predicted molar refractivity (Wildman–Crippen MR) is 89.2 cm³/mol. The quantitative estimate of drug-likeness (QED) is 0.492. The van der Waals surface area contributed by atoms with Gasteiger partial charge >= 0.3 is 0 Å². The molecule has 2 rings (SSSR count). The van der Waals surface area contributed by atoms with Crippen LogP contribution in [0.25, 0.3) is 0 Å². The molecule has 0 bridgehead atoms. The summed E-state index contributed by atoms with van der Waals surface area (Å²) in [4.78, 5) is 0. The second-order valence-corrected chi connectivity index (χ2v) is 5.87. The summed E-state index contributed by atoms with van der Waals surface area (Å²) in [5.41, 5.74) is 3.94. The molecule has 0 aromatic heterocycles. The molecule has 0 atom stereocenters. The fourth-order valence-electron chi connectivity index (χ4n) is 1.42. The van der Waals surface area contributed by atoms with Gasteiger partial charge in [0.25, 0.3) is 0 Å². The van der Waals surface area contributed by atoms with Gasteiger partial charge in [-0.05, 0) is 24.3 Å². The topological polar surface area (TPSA) is 24.4 Å². The maximum Gasteiger partial charge on any atom is 0.0935 e. The summed E-state index contributed by atoms with van der Waals surface area (Å²) in [6.07, 6.45) is 1.54. The first-order valence-electron chi connectivity index (χ1n) is 5.36. The Bertz CT molecular complexity index is 647. The highest BCUT2D eigenvalue weighted by atomic mass is 35.5. The van der Waals surface area contributed by atoms with E-state index in [1.165, 1.54) is 0 Å². The van der Waals surface area contributed by atoms with Crippen LogP contribution in [0.5, 0.6) is 0 Å². The molecule has 7 heteroatoms. The molecule has 0 radical (unpaired) electrons. The molecule has 0 aliphatic heterocycles. The Kier molecular flexibility index (Phi) is 5.42. The van der Waals surface area contributed by atoms with Crippen molar-refractivity contribution in [2.45, 2.75) is 0 Å². The van der Waals surface area contributed by atoms with Crippen molar-refractivity contribution in [3.63, 3.8) is 0 Å². The first-order valence-corrected chi connectivity index (χ1v) is 7.25. The lowest BCUT2D eigenvalue weighted by atomic mass is 10.2. The summed E-state index contributed by atoms with van der Waals surface area (Å²) in [5, 5.41) is 6.30. The van der Waals surface area contributed by atoms with Gasteiger partial charge in [-0.25, -0.2) is 0 Å². The van der Waals surface area contributed by atoms with Gasteiger partial charge in [0.1, 0.15) is 0 Å². The number of hydrazone groups is 1. The van der Waals surface area contributed by atoms with Crippen LogP contribution in [0.4, 0.5) is 5.69 Å². The van der Waals surface area contributed by atoms with Crippen LogP contribution >= 0.6 is 58.0 Å². The normalized spacial score (nSPS) is 11.1. The summed E-state index contributed by atoms with van der Waals surface area (Å²) < 4.78 is 0. The molecular weight excluding hydrogens is 361 g/mol. The summed E-state index contributed by atoms with van der Waals surface area (Å²) in [6.45, 7) is 0. The number of anilines is 1. The van der Waals surface area contributed by atoms with Gasteiger partial charge in [-0.3, -0.25) is 5.43 Å². The Morgan fingerprint density at radius 3 is 2.00 bits per heavy atom. The minimum Gasteiger partial charge on any atom is -0.275 e. The van der Waals surface area contributed by atoms with Gasteiger partial charge in [0.15, 0.2) is 0 Å². The third-order valence-electron chi connectivity index (χ3n) is 2.35. The molecule has 0 saturated carbocycles. The van der Waals surface area contributed by atoms with Crippen molar-refractivity contribution in [3.05, 3.63) is 61.0 Å². The van der Waals surface area contributed by atoms with Gasteiger partial charge in [0.2, 0.25) is 0 Å². The maximum absolute atomic E-state index is 6.02. The van der Waals surface area contributed by atoms with Crippen molar-refractivity contribution >= 4 is 69.9 Å². The Labute approximate surface area is 141 Å². The van der Waals surface area contributed by atoms with Gasteiger partial charge in [0, 0.05) is 15.6 Å². The average Bonchev–Trinajstić information content (AvgIpc) is 2.34. The van der Waals surface area contributed by atoms with E-state index in [2.05, 4.69) is 10.5 Å². The zero-order valence-electron chi connectivity index (χ0n) is 9.80. The van der Waals surface area contributed by atoms with Crippen molar-refractivity contribution in [1.82, 2.24) is 0 Å². The lowest BCUT2D eigenvalue weighted by Gasteiger charge is -2.06. The van der Waals surface area contributed by atoms with E-state index in [4.69, 9.17) is 58.0 Å². The number of hydrogen-bond donors (Lipinski definition) is 1. The number of nitrogens with zero attached hydrogens (tertiary/aromatic N) is 1. The number of rotatable bonds is 3. The van der Waals surface area contributed by atoms with Gasteiger partial charge in [-0.15, -0.1) is 0 Å². The summed E-state index contributed by atoms with van der Waals surface area (Å²) in [7, 11) is 0. The summed E-state index contributed by atoms with van der Waals surface area (Å²) in [5.74, 6) is 0. The minimum absolute atomic E-state index is 0.377. The molecule has 0 unspecified atom stereocenters. The third kappa shape index (κ3) is 3.94. The van der Waals surface area contributed by atoms with Gasteiger partial charge < -0.3 is 0 Å². The average molecular weight is 368 g/mol. The molecule has 0 aliphatic carbocycles. The van der Waals surface area contributed by atoms with E-state index in [-0.39, 0.29) is 0 Å². The molecule has 1 N–H and O–H groups in total. The lowest BCUT2D eigenvalue weighted by molar-refractivity contribution is 1.35. The van der Waals surface area contributed by atoms with Gasteiger partial charge in [-0.2, -0.15) is 5.10 Å². The van der Waals surface area contributed by atoms with E-state index < -0.39 is 0 Å². The monoisotopic (exact) mass is 366 g/mol. The van der Waals surface area contributed by atoms with Gasteiger partial charge in [-0.1, -0.05) is 64.1 Å². The van der Waals surface area contributed by atoms with E-state index in [9.17, 15) is 0 Å². The molecule has 2 aromatic rings. The highest BCUT2D eigenvalue weighted by Crippen LogP contribution is 2.33. The molecule has 0 saturated heterocycles. The molecule has 104 valence electrons. The largest absolute Gasteiger partial charge is 0.275 e. The number of hydrogen-bond acceptors (Lipinski definition) is 2. The van der Waals surface area contributed by atoms with Crippen LogP contribution < -0.4 is 5.43 Å². The first-order chi connectivity index (χ1) is 9.47. The molecule has 0 aliphatic rings. The maximum atomic E-state index is 6.02.